The summed E-state index contributed by atoms with van der Waals surface area (Å²) in [7, 11) is 0. The highest BCUT2D eigenvalue weighted by Crippen LogP contribution is 2.19. The second-order valence-electron chi connectivity index (χ2n) is 5.07. The van der Waals surface area contributed by atoms with Crippen molar-refractivity contribution in [2.45, 2.75) is 25.7 Å². The average Bonchev–Trinajstić information content (AvgIpc) is 3.04. The average molecular weight is 280 g/mol. The van der Waals surface area contributed by atoms with E-state index in [2.05, 4.69) is 15.3 Å². The number of nitrogens with one attached hydrogen (secondary N) is 2. The van der Waals surface area contributed by atoms with E-state index in [9.17, 15) is 9.59 Å². The SMILES string of the molecule is O=C(O)CC1CCN(C(=O)NCCCc2ncc[nH]2)C1. The molecule has 0 radical (unpaired) electrons. The maximum Gasteiger partial charge on any atom is 0.317 e. The number of urea groups is 1. The number of carbonyl (C=O) groups excluding carboxylic acids is 1. The second-order valence-corrected chi connectivity index (χ2v) is 5.07. The van der Waals surface area contributed by atoms with Crippen molar-refractivity contribution in [1.82, 2.24) is 20.2 Å². The summed E-state index contributed by atoms with van der Waals surface area (Å²) in [6.07, 6.45) is 6.02. The molecule has 0 saturated carbocycles. The molecule has 1 aliphatic heterocycles. The Hall–Kier alpha value is -2.05. The van der Waals surface area contributed by atoms with Crippen LogP contribution < -0.4 is 5.32 Å². The summed E-state index contributed by atoms with van der Waals surface area (Å²) in [4.78, 5) is 31.3. The zero-order valence-corrected chi connectivity index (χ0v) is 11.3. The lowest BCUT2D eigenvalue weighted by molar-refractivity contribution is -0.138. The molecule has 1 aromatic rings. The van der Waals surface area contributed by atoms with Crippen LogP contribution in [-0.4, -0.2) is 51.6 Å². The van der Waals surface area contributed by atoms with Gasteiger partial charge in [0.1, 0.15) is 5.82 Å². The quantitative estimate of drug-likeness (QED) is 0.673. The monoisotopic (exact) mass is 280 g/mol. The van der Waals surface area contributed by atoms with Crippen LogP contribution in [0.2, 0.25) is 0 Å². The predicted molar refractivity (Wildman–Crippen MR) is 72.2 cm³/mol. The Labute approximate surface area is 117 Å². The first kappa shape index (κ1) is 14.4. The highest BCUT2D eigenvalue weighted by molar-refractivity contribution is 5.74. The maximum atomic E-state index is 11.9. The van der Waals surface area contributed by atoms with Gasteiger partial charge in [0.2, 0.25) is 0 Å². The molecule has 1 fully saturated rings. The van der Waals surface area contributed by atoms with Gasteiger partial charge in [0.05, 0.1) is 0 Å². The van der Waals surface area contributed by atoms with Gasteiger partial charge in [-0.25, -0.2) is 9.78 Å². The fourth-order valence-corrected chi connectivity index (χ4v) is 2.43. The molecule has 0 spiro atoms. The third kappa shape index (κ3) is 4.25. The predicted octanol–water partition coefficient (Wildman–Crippen LogP) is 0.848. The van der Waals surface area contributed by atoms with E-state index >= 15 is 0 Å². The van der Waals surface area contributed by atoms with Gasteiger partial charge in [-0.05, 0) is 18.8 Å². The van der Waals surface area contributed by atoms with Crippen LogP contribution in [0, 0.1) is 5.92 Å². The number of aliphatic carboxylic acids is 1. The lowest BCUT2D eigenvalue weighted by Crippen LogP contribution is -2.39. The first-order valence-electron chi connectivity index (χ1n) is 6.88. The molecule has 0 aliphatic carbocycles. The summed E-state index contributed by atoms with van der Waals surface area (Å²) in [5, 5.41) is 11.6. The lowest BCUT2D eigenvalue weighted by atomic mass is 10.1. The van der Waals surface area contributed by atoms with E-state index in [-0.39, 0.29) is 18.4 Å². The number of aromatic amines is 1. The summed E-state index contributed by atoms with van der Waals surface area (Å²) in [5.74, 6) is 0.207. The van der Waals surface area contributed by atoms with Crippen LogP contribution in [0.25, 0.3) is 0 Å². The molecule has 110 valence electrons. The number of carbonyl (C=O) groups is 2. The van der Waals surface area contributed by atoms with Crippen LogP contribution in [0.4, 0.5) is 4.79 Å². The Morgan fingerprint density at radius 2 is 2.40 bits per heavy atom. The molecule has 2 amide bonds. The molecule has 1 saturated heterocycles. The number of aromatic nitrogens is 2. The topological polar surface area (TPSA) is 98.3 Å². The van der Waals surface area contributed by atoms with E-state index in [1.807, 2.05) is 0 Å². The van der Waals surface area contributed by atoms with Gasteiger partial charge in [-0.1, -0.05) is 0 Å². The number of hydrogen-bond acceptors (Lipinski definition) is 3. The van der Waals surface area contributed by atoms with Crippen LogP contribution in [0.15, 0.2) is 12.4 Å². The summed E-state index contributed by atoms with van der Waals surface area (Å²) in [6, 6.07) is -0.0997. The number of hydrogen-bond donors (Lipinski definition) is 3. The molecule has 2 heterocycles. The van der Waals surface area contributed by atoms with Gasteiger partial charge in [-0.15, -0.1) is 0 Å². The van der Waals surface area contributed by atoms with Gasteiger partial charge in [-0.3, -0.25) is 4.79 Å². The van der Waals surface area contributed by atoms with Crippen molar-refractivity contribution in [3.63, 3.8) is 0 Å². The van der Waals surface area contributed by atoms with E-state index in [4.69, 9.17) is 5.11 Å². The van der Waals surface area contributed by atoms with Crippen molar-refractivity contribution in [1.29, 1.82) is 0 Å². The third-order valence-corrected chi connectivity index (χ3v) is 3.46. The van der Waals surface area contributed by atoms with Crippen molar-refractivity contribution >= 4 is 12.0 Å². The van der Waals surface area contributed by atoms with Crippen LogP contribution >= 0.6 is 0 Å². The number of likely N-dealkylation sites (tertiary alicyclic amines) is 1. The normalized spacial score (nSPS) is 18.2. The first-order valence-corrected chi connectivity index (χ1v) is 6.88. The van der Waals surface area contributed by atoms with Crippen molar-refractivity contribution < 1.29 is 14.7 Å². The van der Waals surface area contributed by atoms with E-state index in [0.29, 0.717) is 19.6 Å². The summed E-state index contributed by atoms with van der Waals surface area (Å²) in [5.41, 5.74) is 0. The number of rotatable bonds is 6. The van der Waals surface area contributed by atoms with Crippen molar-refractivity contribution in [2.75, 3.05) is 19.6 Å². The van der Waals surface area contributed by atoms with E-state index in [0.717, 1.165) is 25.1 Å². The van der Waals surface area contributed by atoms with Gasteiger partial charge < -0.3 is 20.3 Å². The molecule has 0 aromatic carbocycles. The number of imidazole rings is 1. The number of H-pyrrole nitrogens is 1. The fraction of sp³-hybridized carbons (Fsp3) is 0.615. The van der Waals surface area contributed by atoms with Crippen molar-refractivity contribution in [3.05, 3.63) is 18.2 Å². The fourth-order valence-electron chi connectivity index (χ4n) is 2.43. The number of carboxylic acids is 1. The molecule has 3 N–H and O–H groups in total. The Kier molecular flexibility index (Phi) is 4.97. The van der Waals surface area contributed by atoms with Crippen LogP contribution in [0.5, 0.6) is 0 Å². The molecule has 7 nitrogen and oxygen atoms in total. The van der Waals surface area contributed by atoms with Gasteiger partial charge in [0.15, 0.2) is 0 Å². The molecule has 20 heavy (non-hydrogen) atoms. The summed E-state index contributed by atoms with van der Waals surface area (Å²) in [6.45, 7) is 1.78. The zero-order chi connectivity index (χ0) is 14.4. The molecule has 1 aliphatic rings. The lowest BCUT2D eigenvalue weighted by Gasteiger charge is -2.17. The molecule has 0 bridgehead atoms. The zero-order valence-electron chi connectivity index (χ0n) is 11.3. The molecule has 1 atom stereocenters. The standard InChI is InChI=1S/C13H20N4O3/c18-12(19)8-10-3-7-17(9-10)13(20)16-4-1-2-11-14-5-6-15-11/h5-6,10H,1-4,7-9H2,(H,14,15)(H,16,20)(H,18,19). The summed E-state index contributed by atoms with van der Waals surface area (Å²) >= 11 is 0. The second kappa shape index (κ2) is 6.93. The molecule has 2 rings (SSSR count). The van der Waals surface area contributed by atoms with E-state index < -0.39 is 5.97 Å². The number of amides is 2. The largest absolute Gasteiger partial charge is 0.481 e. The van der Waals surface area contributed by atoms with Gasteiger partial charge in [0.25, 0.3) is 0 Å². The number of nitrogens with zero attached hydrogens (tertiary/aromatic N) is 2. The van der Waals surface area contributed by atoms with E-state index in [1.165, 1.54) is 0 Å². The number of carboxylic acid groups (broad SMARTS) is 1. The Morgan fingerprint density at radius 1 is 1.55 bits per heavy atom. The molecule has 7 heteroatoms. The van der Waals surface area contributed by atoms with Gasteiger partial charge in [-0.2, -0.15) is 0 Å². The Morgan fingerprint density at radius 3 is 3.10 bits per heavy atom. The van der Waals surface area contributed by atoms with Crippen LogP contribution in [-0.2, 0) is 11.2 Å². The highest BCUT2D eigenvalue weighted by atomic mass is 16.4. The first-order chi connectivity index (χ1) is 9.65. The van der Waals surface area contributed by atoms with Crippen LogP contribution in [0.1, 0.15) is 25.1 Å². The van der Waals surface area contributed by atoms with Crippen molar-refractivity contribution in [3.8, 4) is 0 Å². The third-order valence-electron chi connectivity index (χ3n) is 3.46. The molecular weight excluding hydrogens is 260 g/mol. The smallest absolute Gasteiger partial charge is 0.317 e. The molecule has 1 aromatic heterocycles. The van der Waals surface area contributed by atoms with Gasteiger partial charge >= 0.3 is 12.0 Å². The van der Waals surface area contributed by atoms with E-state index in [1.54, 1.807) is 17.3 Å². The van der Waals surface area contributed by atoms with Crippen molar-refractivity contribution in [2.24, 2.45) is 5.92 Å². The maximum absolute atomic E-state index is 11.9. The summed E-state index contributed by atoms with van der Waals surface area (Å²) < 4.78 is 0. The molecule has 1 unspecified atom stereocenters. The minimum Gasteiger partial charge on any atom is -0.481 e. The Bertz CT molecular complexity index is 446. The minimum atomic E-state index is -0.796. The highest BCUT2D eigenvalue weighted by Gasteiger charge is 2.27. The van der Waals surface area contributed by atoms with Crippen LogP contribution in [0.3, 0.4) is 0 Å². The minimum absolute atomic E-state index is 0.0846. The molecular formula is C13H20N4O3. The van der Waals surface area contributed by atoms with Gasteiger partial charge in [0, 0.05) is 44.9 Å². The number of aryl methyl sites for hydroxylation is 1. The Balaban J connectivity index is 1.62.